The highest BCUT2D eigenvalue weighted by Crippen LogP contribution is 2.24. The van der Waals surface area contributed by atoms with Crippen LogP contribution in [-0.4, -0.2) is 40.8 Å². The molecule has 1 saturated heterocycles. The Morgan fingerprint density at radius 2 is 2.29 bits per heavy atom. The summed E-state index contributed by atoms with van der Waals surface area (Å²) in [6, 6.07) is 4.19. The lowest BCUT2D eigenvalue weighted by Gasteiger charge is -2.22. The SMILES string of the molecule is CCN(Cc1nnc(-c2ccc(Br)o2)o1)CC1CCCN1. The van der Waals surface area contributed by atoms with E-state index in [0.29, 0.717) is 34.8 Å². The first-order valence-electron chi connectivity index (χ1n) is 7.28. The number of aromatic nitrogens is 2. The number of nitrogens with one attached hydrogen (secondary N) is 1. The molecule has 1 fully saturated rings. The molecule has 1 N–H and O–H groups in total. The Morgan fingerprint density at radius 1 is 1.38 bits per heavy atom. The Hall–Kier alpha value is -1.18. The molecule has 3 heterocycles. The second-order valence-corrected chi connectivity index (χ2v) is 6.01. The fourth-order valence-corrected chi connectivity index (χ4v) is 2.87. The van der Waals surface area contributed by atoms with Crippen molar-refractivity contribution in [2.75, 3.05) is 19.6 Å². The van der Waals surface area contributed by atoms with E-state index in [0.717, 1.165) is 19.6 Å². The molecule has 1 aliphatic heterocycles. The van der Waals surface area contributed by atoms with Gasteiger partial charge >= 0.3 is 0 Å². The molecule has 0 aliphatic carbocycles. The van der Waals surface area contributed by atoms with Gasteiger partial charge in [0.25, 0.3) is 5.89 Å². The standard InChI is InChI=1S/C14H19BrN4O2/c1-2-19(8-10-4-3-7-16-10)9-13-17-18-14(21-13)11-5-6-12(15)20-11/h5-6,10,16H,2-4,7-9H2,1H3. The summed E-state index contributed by atoms with van der Waals surface area (Å²) in [6.07, 6.45) is 2.51. The van der Waals surface area contributed by atoms with Gasteiger partial charge in [-0.05, 0) is 54.0 Å². The minimum Gasteiger partial charge on any atom is -0.444 e. The maximum atomic E-state index is 5.68. The van der Waals surface area contributed by atoms with Crippen LogP contribution in [-0.2, 0) is 6.54 Å². The monoisotopic (exact) mass is 354 g/mol. The molecule has 1 atom stereocenters. The van der Waals surface area contributed by atoms with Gasteiger partial charge in [0.15, 0.2) is 10.4 Å². The summed E-state index contributed by atoms with van der Waals surface area (Å²) < 4.78 is 11.8. The van der Waals surface area contributed by atoms with E-state index in [9.17, 15) is 0 Å². The maximum Gasteiger partial charge on any atom is 0.283 e. The number of hydrogen-bond acceptors (Lipinski definition) is 6. The van der Waals surface area contributed by atoms with E-state index in [1.54, 1.807) is 6.07 Å². The van der Waals surface area contributed by atoms with Gasteiger partial charge in [-0.25, -0.2) is 0 Å². The van der Waals surface area contributed by atoms with Gasteiger partial charge in [0.2, 0.25) is 5.89 Å². The third kappa shape index (κ3) is 3.72. The van der Waals surface area contributed by atoms with Crippen molar-refractivity contribution >= 4 is 15.9 Å². The normalized spacial score (nSPS) is 18.7. The smallest absolute Gasteiger partial charge is 0.283 e. The van der Waals surface area contributed by atoms with E-state index in [1.165, 1.54) is 12.8 Å². The Kier molecular flexibility index (Phi) is 4.72. The van der Waals surface area contributed by atoms with Crippen LogP contribution in [0.25, 0.3) is 11.7 Å². The summed E-state index contributed by atoms with van der Waals surface area (Å²) in [5.74, 6) is 1.63. The molecule has 114 valence electrons. The molecule has 0 saturated carbocycles. The second kappa shape index (κ2) is 6.72. The van der Waals surface area contributed by atoms with Crippen LogP contribution in [0.3, 0.4) is 0 Å². The van der Waals surface area contributed by atoms with Gasteiger partial charge in [0, 0.05) is 12.6 Å². The van der Waals surface area contributed by atoms with E-state index >= 15 is 0 Å². The van der Waals surface area contributed by atoms with Crippen molar-refractivity contribution in [1.82, 2.24) is 20.4 Å². The van der Waals surface area contributed by atoms with Gasteiger partial charge in [-0.3, -0.25) is 4.90 Å². The fourth-order valence-electron chi connectivity index (χ4n) is 2.57. The van der Waals surface area contributed by atoms with Gasteiger partial charge < -0.3 is 14.2 Å². The summed E-state index contributed by atoms with van der Waals surface area (Å²) in [6.45, 7) is 5.92. The van der Waals surface area contributed by atoms with Crippen molar-refractivity contribution in [2.45, 2.75) is 32.4 Å². The highest BCUT2D eigenvalue weighted by atomic mass is 79.9. The van der Waals surface area contributed by atoms with E-state index in [4.69, 9.17) is 8.83 Å². The highest BCUT2D eigenvalue weighted by molar-refractivity contribution is 9.10. The molecule has 21 heavy (non-hydrogen) atoms. The average Bonchev–Trinajstić information content (AvgIpc) is 3.19. The molecule has 3 rings (SSSR count). The van der Waals surface area contributed by atoms with E-state index in [2.05, 4.69) is 43.3 Å². The fraction of sp³-hybridized carbons (Fsp3) is 0.571. The van der Waals surface area contributed by atoms with Crippen LogP contribution in [0, 0.1) is 0 Å². The molecule has 1 aliphatic rings. The lowest BCUT2D eigenvalue weighted by Crippen LogP contribution is -2.37. The summed E-state index contributed by atoms with van der Waals surface area (Å²) in [7, 11) is 0. The first-order valence-corrected chi connectivity index (χ1v) is 8.07. The second-order valence-electron chi connectivity index (χ2n) is 5.23. The van der Waals surface area contributed by atoms with Crippen molar-refractivity contribution in [3.63, 3.8) is 0 Å². The van der Waals surface area contributed by atoms with Crippen LogP contribution in [0.15, 0.2) is 25.6 Å². The Morgan fingerprint density at radius 3 is 2.95 bits per heavy atom. The third-order valence-corrected chi connectivity index (χ3v) is 4.12. The molecule has 0 aromatic carbocycles. The van der Waals surface area contributed by atoms with Crippen molar-refractivity contribution < 1.29 is 8.83 Å². The third-order valence-electron chi connectivity index (χ3n) is 3.70. The van der Waals surface area contributed by atoms with Crippen LogP contribution >= 0.6 is 15.9 Å². The lowest BCUT2D eigenvalue weighted by molar-refractivity contribution is 0.230. The minimum atomic E-state index is 0.422. The summed E-state index contributed by atoms with van der Waals surface area (Å²) in [5.41, 5.74) is 0. The summed E-state index contributed by atoms with van der Waals surface area (Å²) in [5, 5.41) is 11.7. The predicted molar refractivity (Wildman–Crippen MR) is 81.7 cm³/mol. The Labute approximate surface area is 132 Å². The first kappa shape index (κ1) is 14.7. The molecule has 6 nitrogen and oxygen atoms in total. The van der Waals surface area contributed by atoms with E-state index in [1.807, 2.05) is 6.07 Å². The molecule has 0 amide bonds. The summed E-state index contributed by atoms with van der Waals surface area (Å²) >= 11 is 3.26. The van der Waals surface area contributed by atoms with Crippen LogP contribution in [0.2, 0.25) is 0 Å². The van der Waals surface area contributed by atoms with Gasteiger partial charge in [-0.1, -0.05) is 6.92 Å². The number of hydrogen-bond donors (Lipinski definition) is 1. The molecular weight excluding hydrogens is 336 g/mol. The van der Waals surface area contributed by atoms with Gasteiger partial charge in [-0.2, -0.15) is 0 Å². The number of furan rings is 1. The van der Waals surface area contributed by atoms with Crippen molar-refractivity contribution in [2.24, 2.45) is 0 Å². The lowest BCUT2D eigenvalue weighted by atomic mass is 10.2. The average molecular weight is 355 g/mol. The number of nitrogens with zero attached hydrogens (tertiary/aromatic N) is 3. The zero-order chi connectivity index (χ0) is 14.7. The van der Waals surface area contributed by atoms with Crippen LogP contribution in [0.5, 0.6) is 0 Å². The van der Waals surface area contributed by atoms with E-state index < -0.39 is 0 Å². The predicted octanol–water partition coefficient (Wildman–Crippen LogP) is 2.67. The topological polar surface area (TPSA) is 67.3 Å². The van der Waals surface area contributed by atoms with Gasteiger partial charge in [-0.15, -0.1) is 10.2 Å². The van der Waals surface area contributed by atoms with Crippen molar-refractivity contribution in [1.29, 1.82) is 0 Å². The molecule has 2 aromatic heterocycles. The molecule has 0 bridgehead atoms. The van der Waals surface area contributed by atoms with Gasteiger partial charge in [0.05, 0.1) is 6.54 Å². The zero-order valence-corrected chi connectivity index (χ0v) is 13.6. The van der Waals surface area contributed by atoms with E-state index in [-0.39, 0.29) is 0 Å². The molecular formula is C14H19BrN4O2. The molecule has 0 radical (unpaired) electrons. The molecule has 2 aromatic rings. The molecule has 0 spiro atoms. The highest BCUT2D eigenvalue weighted by Gasteiger charge is 2.19. The van der Waals surface area contributed by atoms with Gasteiger partial charge in [0.1, 0.15) is 0 Å². The maximum absolute atomic E-state index is 5.68. The molecule has 1 unspecified atom stereocenters. The first-order chi connectivity index (χ1) is 10.2. The quantitative estimate of drug-likeness (QED) is 0.859. The largest absolute Gasteiger partial charge is 0.444 e. The Balaban J connectivity index is 1.62. The van der Waals surface area contributed by atoms with Crippen LogP contribution < -0.4 is 5.32 Å². The van der Waals surface area contributed by atoms with Crippen LogP contribution in [0.4, 0.5) is 0 Å². The van der Waals surface area contributed by atoms with Crippen molar-refractivity contribution in [3.8, 4) is 11.7 Å². The molecule has 7 heteroatoms. The Bertz CT molecular complexity index is 577. The van der Waals surface area contributed by atoms with Crippen molar-refractivity contribution in [3.05, 3.63) is 22.7 Å². The number of halogens is 1. The number of rotatable bonds is 6. The zero-order valence-electron chi connectivity index (χ0n) is 12.0. The minimum absolute atomic E-state index is 0.422. The number of likely N-dealkylation sites (N-methyl/N-ethyl adjacent to an activating group) is 1. The summed E-state index contributed by atoms with van der Waals surface area (Å²) in [4.78, 5) is 2.32. The van der Waals surface area contributed by atoms with Crippen LogP contribution in [0.1, 0.15) is 25.7 Å².